The van der Waals surface area contributed by atoms with E-state index in [0.717, 1.165) is 4.90 Å². The van der Waals surface area contributed by atoms with Gasteiger partial charge in [-0.05, 0) is 33.6 Å². The van der Waals surface area contributed by atoms with Gasteiger partial charge in [-0.3, -0.25) is 9.59 Å². The fraction of sp³-hybridized carbons (Fsp3) is 0.786. The van der Waals surface area contributed by atoms with E-state index in [1.165, 1.54) is 0 Å². The topological polar surface area (TPSA) is 72.9 Å². The SMILES string of the molecule is CC(C)(C)OC(=O)N1CC2(CCOCC2)C(=O)CC1=O. The molecule has 1 spiro atoms. The van der Waals surface area contributed by atoms with Crippen LogP contribution in [-0.4, -0.2) is 48.0 Å². The number of rotatable bonds is 0. The third-order valence-electron chi connectivity index (χ3n) is 3.73. The molecule has 0 aliphatic carbocycles. The molecule has 2 heterocycles. The highest BCUT2D eigenvalue weighted by molar-refractivity contribution is 6.08. The summed E-state index contributed by atoms with van der Waals surface area (Å²) < 4.78 is 10.5. The van der Waals surface area contributed by atoms with Crippen LogP contribution in [0.3, 0.4) is 0 Å². The van der Waals surface area contributed by atoms with Gasteiger partial charge >= 0.3 is 6.09 Å². The Morgan fingerprint density at radius 2 is 1.85 bits per heavy atom. The highest BCUT2D eigenvalue weighted by Crippen LogP contribution is 2.37. The minimum Gasteiger partial charge on any atom is -0.443 e. The molecule has 112 valence electrons. The van der Waals surface area contributed by atoms with Gasteiger partial charge in [0, 0.05) is 19.8 Å². The van der Waals surface area contributed by atoms with Crippen molar-refractivity contribution >= 4 is 17.8 Å². The Bertz CT molecular complexity index is 431. The lowest BCUT2D eigenvalue weighted by Crippen LogP contribution is -2.56. The molecule has 2 fully saturated rings. The standard InChI is InChI=1S/C14H21NO5/c1-13(2,3)20-12(18)15-9-14(4-6-19-7-5-14)10(16)8-11(15)17/h4-9H2,1-3H3. The Labute approximate surface area is 118 Å². The van der Waals surface area contributed by atoms with Gasteiger partial charge in [0.25, 0.3) is 0 Å². The summed E-state index contributed by atoms with van der Waals surface area (Å²) in [7, 11) is 0. The lowest BCUT2D eigenvalue weighted by molar-refractivity contribution is -0.151. The highest BCUT2D eigenvalue weighted by atomic mass is 16.6. The Morgan fingerprint density at radius 1 is 1.25 bits per heavy atom. The molecule has 0 N–H and O–H groups in total. The van der Waals surface area contributed by atoms with Crippen molar-refractivity contribution in [2.75, 3.05) is 19.8 Å². The van der Waals surface area contributed by atoms with Crippen molar-refractivity contribution in [3.05, 3.63) is 0 Å². The van der Waals surface area contributed by atoms with Crippen molar-refractivity contribution in [2.24, 2.45) is 5.41 Å². The zero-order valence-electron chi connectivity index (χ0n) is 12.2. The number of imide groups is 1. The van der Waals surface area contributed by atoms with Crippen molar-refractivity contribution in [2.45, 2.75) is 45.6 Å². The Kier molecular flexibility index (Phi) is 3.86. The summed E-state index contributed by atoms with van der Waals surface area (Å²) in [4.78, 5) is 37.3. The van der Waals surface area contributed by atoms with Gasteiger partial charge in [0.15, 0.2) is 0 Å². The molecule has 0 radical (unpaired) electrons. The minimum atomic E-state index is -0.666. The van der Waals surface area contributed by atoms with Gasteiger partial charge < -0.3 is 9.47 Å². The molecule has 2 rings (SSSR count). The van der Waals surface area contributed by atoms with Crippen LogP contribution in [0.15, 0.2) is 0 Å². The number of hydrogen-bond acceptors (Lipinski definition) is 5. The quantitative estimate of drug-likeness (QED) is 0.630. The zero-order chi connectivity index (χ0) is 15.0. The predicted octanol–water partition coefficient (Wildman–Crippen LogP) is 1.52. The molecule has 6 heteroatoms. The van der Waals surface area contributed by atoms with Crippen LogP contribution in [0.1, 0.15) is 40.0 Å². The Hall–Kier alpha value is -1.43. The number of piperidine rings is 1. The van der Waals surface area contributed by atoms with Gasteiger partial charge in [-0.1, -0.05) is 0 Å². The fourth-order valence-corrected chi connectivity index (χ4v) is 2.58. The van der Waals surface area contributed by atoms with E-state index in [9.17, 15) is 14.4 Å². The molecule has 0 atom stereocenters. The maximum absolute atomic E-state index is 12.2. The van der Waals surface area contributed by atoms with E-state index in [4.69, 9.17) is 9.47 Å². The molecular formula is C14H21NO5. The molecule has 2 amide bonds. The van der Waals surface area contributed by atoms with E-state index in [1.54, 1.807) is 20.8 Å². The average molecular weight is 283 g/mol. The van der Waals surface area contributed by atoms with Crippen LogP contribution in [-0.2, 0) is 19.1 Å². The Balaban J connectivity index is 2.15. The second-order valence-electron chi connectivity index (χ2n) is 6.45. The van der Waals surface area contributed by atoms with Crippen molar-refractivity contribution in [3.63, 3.8) is 0 Å². The molecular weight excluding hydrogens is 262 g/mol. The van der Waals surface area contributed by atoms with Crippen LogP contribution in [0.2, 0.25) is 0 Å². The second kappa shape index (κ2) is 5.16. The van der Waals surface area contributed by atoms with E-state index >= 15 is 0 Å². The van der Waals surface area contributed by atoms with Gasteiger partial charge in [-0.2, -0.15) is 0 Å². The van der Waals surface area contributed by atoms with Gasteiger partial charge in [-0.25, -0.2) is 9.69 Å². The molecule has 0 aromatic heterocycles. The second-order valence-corrected chi connectivity index (χ2v) is 6.45. The van der Waals surface area contributed by atoms with Gasteiger partial charge in [-0.15, -0.1) is 0 Å². The summed E-state index contributed by atoms with van der Waals surface area (Å²) in [6, 6.07) is 0. The van der Waals surface area contributed by atoms with Crippen molar-refractivity contribution < 1.29 is 23.9 Å². The number of carbonyl (C=O) groups is 3. The minimum absolute atomic E-state index is 0.0781. The summed E-state index contributed by atoms with van der Waals surface area (Å²) in [6.45, 7) is 6.32. The maximum atomic E-state index is 12.2. The molecule has 20 heavy (non-hydrogen) atoms. The zero-order valence-corrected chi connectivity index (χ0v) is 12.2. The van der Waals surface area contributed by atoms with E-state index in [0.29, 0.717) is 26.1 Å². The van der Waals surface area contributed by atoms with E-state index in [2.05, 4.69) is 0 Å². The average Bonchev–Trinajstić information content (AvgIpc) is 2.33. The fourth-order valence-electron chi connectivity index (χ4n) is 2.58. The normalized spacial score (nSPS) is 23.1. The van der Waals surface area contributed by atoms with Crippen LogP contribution in [0.25, 0.3) is 0 Å². The smallest absolute Gasteiger partial charge is 0.417 e. The first kappa shape index (κ1) is 15.0. The first-order chi connectivity index (χ1) is 9.23. The monoisotopic (exact) mass is 283 g/mol. The third-order valence-corrected chi connectivity index (χ3v) is 3.73. The first-order valence-corrected chi connectivity index (χ1v) is 6.88. The van der Waals surface area contributed by atoms with Gasteiger partial charge in [0.2, 0.25) is 5.91 Å². The summed E-state index contributed by atoms with van der Waals surface area (Å²) >= 11 is 0. The molecule has 0 saturated carbocycles. The molecule has 0 bridgehead atoms. The number of ketones is 1. The first-order valence-electron chi connectivity index (χ1n) is 6.88. The van der Waals surface area contributed by atoms with Crippen molar-refractivity contribution in [1.82, 2.24) is 4.90 Å². The summed E-state index contributed by atoms with van der Waals surface area (Å²) in [5.41, 5.74) is -1.30. The number of nitrogens with zero attached hydrogens (tertiary/aromatic N) is 1. The van der Waals surface area contributed by atoms with Crippen LogP contribution >= 0.6 is 0 Å². The lowest BCUT2D eigenvalue weighted by Gasteiger charge is -2.42. The molecule has 0 unspecified atom stereocenters. The third kappa shape index (κ3) is 3.00. The number of likely N-dealkylation sites (tertiary alicyclic amines) is 1. The lowest BCUT2D eigenvalue weighted by atomic mass is 9.73. The van der Waals surface area contributed by atoms with E-state index < -0.39 is 23.0 Å². The number of amides is 2. The molecule has 6 nitrogen and oxygen atoms in total. The number of carbonyl (C=O) groups excluding carboxylic acids is 3. The summed E-state index contributed by atoms with van der Waals surface area (Å²) in [6.07, 6.45) is 0.219. The Morgan fingerprint density at radius 3 is 2.40 bits per heavy atom. The summed E-state index contributed by atoms with van der Waals surface area (Å²) in [5, 5.41) is 0. The number of Topliss-reactive ketones (excluding diaryl/α,β-unsaturated/α-hetero) is 1. The van der Waals surface area contributed by atoms with E-state index in [-0.39, 0.29) is 18.7 Å². The molecule has 2 aliphatic rings. The van der Waals surface area contributed by atoms with Gasteiger partial charge in [0.05, 0.1) is 11.8 Å². The number of hydrogen-bond donors (Lipinski definition) is 0. The largest absolute Gasteiger partial charge is 0.443 e. The van der Waals surface area contributed by atoms with Crippen molar-refractivity contribution in [1.29, 1.82) is 0 Å². The molecule has 0 aromatic carbocycles. The van der Waals surface area contributed by atoms with Crippen LogP contribution in [0, 0.1) is 5.41 Å². The molecule has 0 aromatic rings. The van der Waals surface area contributed by atoms with Crippen LogP contribution in [0.4, 0.5) is 4.79 Å². The molecule has 2 aliphatic heterocycles. The van der Waals surface area contributed by atoms with Crippen LogP contribution < -0.4 is 0 Å². The maximum Gasteiger partial charge on any atom is 0.417 e. The van der Waals surface area contributed by atoms with E-state index in [1.807, 2.05) is 0 Å². The summed E-state index contributed by atoms with van der Waals surface area (Å²) in [5.74, 6) is -0.549. The number of ether oxygens (including phenoxy) is 2. The molecule has 2 saturated heterocycles. The highest BCUT2D eigenvalue weighted by Gasteiger charge is 2.49. The predicted molar refractivity (Wildman–Crippen MR) is 70.1 cm³/mol. The van der Waals surface area contributed by atoms with Gasteiger partial charge in [0.1, 0.15) is 11.4 Å². The van der Waals surface area contributed by atoms with Crippen molar-refractivity contribution in [3.8, 4) is 0 Å². The van der Waals surface area contributed by atoms with Crippen LogP contribution in [0.5, 0.6) is 0 Å².